The summed E-state index contributed by atoms with van der Waals surface area (Å²) in [6.07, 6.45) is 2.20. The van der Waals surface area contributed by atoms with Gasteiger partial charge >= 0.3 is 0 Å². The van der Waals surface area contributed by atoms with Crippen LogP contribution in [0.5, 0.6) is 5.75 Å². The molecule has 0 unspecified atom stereocenters. The molecule has 1 aliphatic carbocycles. The highest BCUT2D eigenvalue weighted by Gasteiger charge is 2.52. The van der Waals surface area contributed by atoms with Crippen LogP contribution in [0.3, 0.4) is 0 Å². The highest BCUT2D eigenvalue weighted by atomic mass is 32.2. The summed E-state index contributed by atoms with van der Waals surface area (Å²) in [6, 6.07) is 15.6. The zero-order valence-electron chi connectivity index (χ0n) is 14.8. The van der Waals surface area contributed by atoms with Gasteiger partial charge in [-0.2, -0.15) is 0 Å². The van der Waals surface area contributed by atoms with Gasteiger partial charge in [-0.05, 0) is 42.7 Å². The molecule has 0 spiro atoms. The van der Waals surface area contributed by atoms with Crippen molar-refractivity contribution in [2.24, 2.45) is 0 Å². The maximum atomic E-state index is 13.2. The van der Waals surface area contributed by atoms with Crippen LogP contribution in [0.1, 0.15) is 31.2 Å². The normalized spacial score (nSPS) is 16.2. The van der Waals surface area contributed by atoms with Gasteiger partial charge < -0.3 is 10.1 Å². The molecule has 1 amide bonds. The fourth-order valence-corrected chi connectivity index (χ4v) is 5.58. The van der Waals surface area contributed by atoms with Crippen LogP contribution in [-0.2, 0) is 21.2 Å². The number of methoxy groups -OCH3 is 1. The molecule has 138 valence electrons. The Morgan fingerprint density at radius 3 is 2.23 bits per heavy atom. The fraction of sp³-hybridized carbons (Fsp3) is 0.350. The molecule has 5 nitrogen and oxygen atoms in total. The number of hydrogen-bond acceptors (Lipinski definition) is 4. The van der Waals surface area contributed by atoms with Crippen molar-refractivity contribution in [3.8, 4) is 5.75 Å². The second-order valence-corrected chi connectivity index (χ2v) is 8.81. The van der Waals surface area contributed by atoms with Gasteiger partial charge in [-0.25, -0.2) is 8.42 Å². The first-order valence-electron chi connectivity index (χ1n) is 8.70. The Bertz CT molecular complexity index is 854. The van der Waals surface area contributed by atoms with Gasteiger partial charge in [0.2, 0.25) is 5.91 Å². The van der Waals surface area contributed by atoms with Gasteiger partial charge in [-0.3, -0.25) is 4.79 Å². The molecule has 26 heavy (non-hydrogen) atoms. The SMILES string of the molecule is COc1ccc(CNC(=O)C2(S(=O)(=O)c3ccccc3)CCCC2)cc1. The third-order valence-corrected chi connectivity index (χ3v) is 7.52. The van der Waals surface area contributed by atoms with Gasteiger partial charge in [0.1, 0.15) is 5.75 Å². The van der Waals surface area contributed by atoms with Gasteiger partial charge in [-0.1, -0.05) is 43.2 Å². The van der Waals surface area contributed by atoms with E-state index >= 15 is 0 Å². The minimum atomic E-state index is -3.75. The molecule has 0 bridgehead atoms. The van der Waals surface area contributed by atoms with E-state index in [9.17, 15) is 13.2 Å². The number of ether oxygens (including phenoxy) is 1. The van der Waals surface area contributed by atoms with E-state index in [-0.39, 0.29) is 11.4 Å². The molecule has 2 aromatic rings. The number of sulfone groups is 1. The lowest BCUT2D eigenvalue weighted by Crippen LogP contribution is -2.50. The van der Waals surface area contributed by atoms with E-state index in [4.69, 9.17) is 4.74 Å². The first-order valence-corrected chi connectivity index (χ1v) is 10.2. The number of rotatable bonds is 6. The van der Waals surface area contributed by atoms with Crippen LogP contribution in [-0.4, -0.2) is 26.2 Å². The van der Waals surface area contributed by atoms with Crippen molar-refractivity contribution in [3.63, 3.8) is 0 Å². The Morgan fingerprint density at radius 1 is 1.04 bits per heavy atom. The number of benzene rings is 2. The summed E-state index contributed by atoms with van der Waals surface area (Å²) >= 11 is 0. The van der Waals surface area contributed by atoms with Crippen molar-refractivity contribution < 1.29 is 17.9 Å². The van der Waals surface area contributed by atoms with Gasteiger partial charge in [0.15, 0.2) is 14.6 Å². The molecule has 1 aliphatic rings. The van der Waals surface area contributed by atoms with Crippen molar-refractivity contribution in [2.45, 2.75) is 41.9 Å². The van der Waals surface area contributed by atoms with Gasteiger partial charge in [0.05, 0.1) is 12.0 Å². The molecular formula is C20H23NO4S. The summed E-state index contributed by atoms with van der Waals surface area (Å²) in [4.78, 5) is 13.2. The standard InChI is InChI=1S/C20H23NO4S/c1-25-17-11-9-16(10-12-17)15-21-19(22)20(13-5-6-14-20)26(23,24)18-7-3-2-4-8-18/h2-4,7-12H,5-6,13-15H2,1H3,(H,21,22). The molecule has 6 heteroatoms. The molecule has 0 heterocycles. The van der Waals surface area contributed by atoms with E-state index in [2.05, 4.69) is 5.32 Å². The zero-order valence-corrected chi connectivity index (χ0v) is 15.6. The minimum Gasteiger partial charge on any atom is -0.497 e. The minimum absolute atomic E-state index is 0.210. The predicted octanol–water partition coefficient (Wildman–Crippen LogP) is 3.10. The highest BCUT2D eigenvalue weighted by molar-refractivity contribution is 7.93. The molecule has 1 N–H and O–H groups in total. The average Bonchev–Trinajstić information content (AvgIpc) is 3.19. The third kappa shape index (κ3) is 3.33. The molecule has 0 atom stereocenters. The Hall–Kier alpha value is -2.34. The van der Waals surface area contributed by atoms with E-state index in [1.165, 1.54) is 0 Å². The van der Waals surface area contributed by atoms with Crippen LogP contribution in [0.4, 0.5) is 0 Å². The van der Waals surface area contributed by atoms with Gasteiger partial charge in [0, 0.05) is 6.54 Å². The maximum Gasteiger partial charge on any atom is 0.242 e. The van der Waals surface area contributed by atoms with E-state index in [0.717, 1.165) is 24.2 Å². The van der Waals surface area contributed by atoms with Gasteiger partial charge in [-0.15, -0.1) is 0 Å². The van der Waals surface area contributed by atoms with E-state index < -0.39 is 20.5 Å². The first-order chi connectivity index (χ1) is 12.5. The number of hydrogen-bond donors (Lipinski definition) is 1. The second kappa shape index (κ2) is 7.50. The molecule has 0 radical (unpaired) electrons. The summed E-state index contributed by atoms with van der Waals surface area (Å²) in [5.74, 6) is 0.327. The number of carbonyl (C=O) groups excluding carboxylic acids is 1. The van der Waals surface area contributed by atoms with Crippen LogP contribution in [0.2, 0.25) is 0 Å². The summed E-state index contributed by atoms with van der Waals surface area (Å²) in [7, 11) is -2.15. The molecule has 2 aromatic carbocycles. The van der Waals surface area contributed by atoms with Crippen LogP contribution >= 0.6 is 0 Å². The maximum absolute atomic E-state index is 13.2. The van der Waals surface area contributed by atoms with Crippen molar-refractivity contribution in [1.82, 2.24) is 5.32 Å². The molecule has 0 saturated heterocycles. The Labute approximate surface area is 154 Å². The summed E-state index contributed by atoms with van der Waals surface area (Å²) in [5.41, 5.74) is 0.893. The summed E-state index contributed by atoms with van der Waals surface area (Å²) in [6.45, 7) is 0.287. The molecule has 0 aromatic heterocycles. The molecular weight excluding hydrogens is 350 g/mol. The lowest BCUT2D eigenvalue weighted by molar-refractivity contribution is -0.123. The monoisotopic (exact) mass is 373 g/mol. The van der Waals surface area contributed by atoms with E-state index in [0.29, 0.717) is 12.8 Å². The lowest BCUT2D eigenvalue weighted by atomic mass is 10.1. The van der Waals surface area contributed by atoms with Crippen LogP contribution in [0.15, 0.2) is 59.5 Å². The third-order valence-electron chi connectivity index (χ3n) is 5.01. The largest absolute Gasteiger partial charge is 0.497 e. The van der Waals surface area contributed by atoms with Gasteiger partial charge in [0.25, 0.3) is 0 Å². The molecule has 0 aliphatic heterocycles. The topological polar surface area (TPSA) is 72.5 Å². The first kappa shape index (κ1) is 18.5. The van der Waals surface area contributed by atoms with Crippen molar-refractivity contribution in [1.29, 1.82) is 0 Å². The predicted molar refractivity (Wildman–Crippen MR) is 99.7 cm³/mol. The van der Waals surface area contributed by atoms with E-state index in [1.807, 2.05) is 24.3 Å². The molecule has 1 fully saturated rings. The smallest absolute Gasteiger partial charge is 0.242 e. The number of carbonyl (C=O) groups is 1. The van der Waals surface area contributed by atoms with Crippen LogP contribution in [0.25, 0.3) is 0 Å². The lowest BCUT2D eigenvalue weighted by Gasteiger charge is -2.27. The molecule has 3 rings (SSSR count). The van der Waals surface area contributed by atoms with Crippen molar-refractivity contribution >= 4 is 15.7 Å². The molecule has 1 saturated carbocycles. The summed E-state index contributed by atoms with van der Waals surface area (Å²) < 4.78 is 30.2. The summed E-state index contributed by atoms with van der Waals surface area (Å²) in [5, 5.41) is 2.84. The van der Waals surface area contributed by atoms with Crippen LogP contribution in [0, 0.1) is 0 Å². The van der Waals surface area contributed by atoms with E-state index in [1.54, 1.807) is 37.4 Å². The van der Waals surface area contributed by atoms with Crippen molar-refractivity contribution in [3.05, 3.63) is 60.2 Å². The fourth-order valence-electron chi connectivity index (χ4n) is 3.48. The second-order valence-electron chi connectivity index (χ2n) is 6.55. The Balaban J connectivity index is 1.81. The quantitative estimate of drug-likeness (QED) is 0.844. The Kier molecular flexibility index (Phi) is 5.32. The van der Waals surface area contributed by atoms with Crippen LogP contribution < -0.4 is 10.1 Å². The highest BCUT2D eigenvalue weighted by Crippen LogP contribution is 2.40. The number of amides is 1. The zero-order chi connectivity index (χ0) is 18.6. The average molecular weight is 373 g/mol. The van der Waals surface area contributed by atoms with Crippen molar-refractivity contribution in [2.75, 3.05) is 7.11 Å². The Morgan fingerprint density at radius 2 is 1.65 bits per heavy atom. The number of nitrogens with one attached hydrogen (secondary N) is 1.